The normalized spacial score (nSPS) is 14.4. The number of imidazole rings is 1. The van der Waals surface area contributed by atoms with E-state index in [1.807, 2.05) is 24.0 Å². The Kier molecular flexibility index (Phi) is 3.92. The predicted molar refractivity (Wildman–Crippen MR) is 84.2 cm³/mol. The zero-order valence-electron chi connectivity index (χ0n) is 13.0. The van der Waals surface area contributed by atoms with E-state index in [0.717, 1.165) is 36.5 Å². The lowest BCUT2D eigenvalue weighted by Gasteiger charge is -2.19. The van der Waals surface area contributed by atoms with Crippen LogP contribution in [0.3, 0.4) is 0 Å². The largest absolute Gasteiger partial charge is 0.352 e. The van der Waals surface area contributed by atoms with Crippen LogP contribution >= 0.6 is 0 Å². The quantitative estimate of drug-likeness (QED) is 0.882. The van der Waals surface area contributed by atoms with Crippen molar-refractivity contribution in [3.05, 3.63) is 41.6 Å². The summed E-state index contributed by atoms with van der Waals surface area (Å²) in [5.41, 5.74) is 2.39. The summed E-state index contributed by atoms with van der Waals surface area (Å²) in [6, 6.07) is 5.01. The molecule has 21 heavy (non-hydrogen) atoms. The van der Waals surface area contributed by atoms with E-state index in [1.165, 1.54) is 18.4 Å². The molecule has 0 radical (unpaired) electrons. The summed E-state index contributed by atoms with van der Waals surface area (Å²) in [4.78, 5) is 11.2. The molecule has 5 nitrogen and oxygen atoms in total. The maximum Gasteiger partial charge on any atom is 0.128 e. The molecule has 0 aliphatic heterocycles. The first kappa shape index (κ1) is 14.1. The van der Waals surface area contributed by atoms with Gasteiger partial charge in [-0.2, -0.15) is 0 Å². The minimum absolute atomic E-state index is 0.732. The van der Waals surface area contributed by atoms with Crippen LogP contribution in [0.4, 0.5) is 5.82 Å². The Hall–Kier alpha value is -1.88. The van der Waals surface area contributed by atoms with E-state index in [9.17, 15) is 0 Å². The zero-order chi connectivity index (χ0) is 14.8. The molecule has 0 atom stereocenters. The molecule has 1 aliphatic rings. The van der Waals surface area contributed by atoms with Gasteiger partial charge in [-0.1, -0.05) is 6.07 Å². The van der Waals surface area contributed by atoms with Gasteiger partial charge < -0.3 is 14.8 Å². The van der Waals surface area contributed by atoms with Gasteiger partial charge in [-0.05, 0) is 31.4 Å². The van der Waals surface area contributed by atoms with E-state index >= 15 is 0 Å². The fraction of sp³-hybridized carbons (Fsp3) is 0.500. The Morgan fingerprint density at radius 3 is 2.81 bits per heavy atom. The number of pyridine rings is 1. The summed E-state index contributed by atoms with van der Waals surface area (Å²) in [5.74, 6) is 2.03. The average molecular weight is 285 g/mol. The van der Waals surface area contributed by atoms with Gasteiger partial charge in [0.2, 0.25) is 0 Å². The van der Waals surface area contributed by atoms with Gasteiger partial charge in [0, 0.05) is 44.8 Å². The number of nitrogens with zero attached hydrogens (tertiary/aromatic N) is 4. The van der Waals surface area contributed by atoms with Crippen LogP contribution in [0.2, 0.25) is 0 Å². The Labute approximate surface area is 126 Å². The van der Waals surface area contributed by atoms with E-state index in [1.54, 1.807) is 0 Å². The summed E-state index contributed by atoms with van der Waals surface area (Å²) >= 11 is 0. The molecular formula is C16H23N5. The fourth-order valence-electron chi connectivity index (χ4n) is 2.36. The summed E-state index contributed by atoms with van der Waals surface area (Å²) < 4.78 is 2.04. The van der Waals surface area contributed by atoms with Crippen molar-refractivity contribution in [2.75, 3.05) is 11.9 Å². The second-order valence-corrected chi connectivity index (χ2v) is 5.88. The van der Waals surface area contributed by atoms with Crippen molar-refractivity contribution in [1.82, 2.24) is 19.9 Å². The lowest BCUT2D eigenvalue weighted by molar-refractivity contribution is 0.681. The zero-order valence-corrected chi connectivity index (χ0v) is 13.0. The van der Waals surface area contributed by atoms with E-state index < -0.39 is 0 Å². The smallest absolute Gasteiger partial charge is 0.128 e. The van der Waals surface area contributed by atoms with Crippen molar-refractivity contribution in [1.29, 1.82) is 0 Å². The lowest BCUT2D eigenvalue weighted by atomic mass is 10.2. The van der Waals surface area contributed by atoms with Gasteiger partial charge in [-0.25, -0.2) is 9.97 Å². The third-order valence-corrected chi connectivity index (χ3v) is 4.03. The van der Waals surface area contributed by atoms with Crippen molar-refractivity contribution in [2.45, 2.75) is 38.9 Å². The van der Waals surface area contributed by atoms with E-state index in [0.29, 0.717) is 0 Å². The highest BCUT2D eigenvalue weighted by atomic mass is 15.2. The van der Waals surface area contributed by atoms with Gasteiger partial charge in [0.25, 0.3) is 0 Å². The highest BCUT2D eigenvalue weighted by molar-refractivity contribution is 5.41. The topological polar surface area (TPSA) is 46.0 Å². The van der Waals surface area contributed by atoms with E-state index in [2.05, 4.69) is 41.3 Å². The first-order valence-electron chi connectivity index (χ1n) is 7.50. The van der Waals surface area contributed by atoms with Crippen LogP contribution in [-0.2, 0) is 20.1 Å². The Morgan fingerprint density at radius 1 is 1.38 bits per heavy atom. The van der Waals surface area contributed by atoms with Crippen molar-refractivity contribution in [3.8, 4) is 0 Å². The average Bonchev–Trinajstić information content (AvgIpc) is 3.21. The molecule has 0 unspecified atom stereocenters. The summed E-state index contributed by atoms with van der Waals surface area (Å²) in [5, 5.41) is 3.54. The van der Waals surface area contributed by atoms with Crippen LogP contribution < -0.4 is 10.2 Å². The second-order valence-electron chi connectivity index (χ2n) is 5.88. The van der Waals surface area contributed by atoms with Crippen LogP contribution in [-0.4, -0.2) is 27.6 Å². The van der Waals surface area contributed by atoms with Gasteiger partial charge in [0.15, 0.2) is 0 Å². The Morgan fingerprint density at radius 2 is 2.19 bits per heavy atom. The highest BCUT2D eigenvalue weighted by Gasteiger charge is 2.20. The lowest BCUT2D eigenvalue weighted by Crippen LogP contribution is -2.21. The third-order valence-electron chi connectivity index (χ3n) is 4.03. The molecule has 1 aliphatic carbocycles. The molecule has 0 spiro atoms. The minimum Gasteiger partial charge on any atom is -0.352 e. The summed E-state index contributed by atoms with van der Waals surface area (Å²) in [6.07, 6.45) is 6.43. The van der Waals surface area contributed by atoms with Crippen molar-refractivity contribution in [2.24, 2.45) is 7.05 Å². The number of hydrogen-bond donors (Lipinski definition) is 1. The van der Waals surface area contributed by atoms with Crippen molar-refractivity contribution >= 4 is 5.82 Å². The maximum absolute atomic E-state index is 4.73. The standard InChI is InChI=1S/C16H23N5/c1-12-13(10-18-14-5-6-14)4-7-15(19-12)21(3)11-16-17-8-9-20(16)2/h4,7-9,14,18H,5-6,10-11H2,1-3H3. The number of aromatic nitrogens is 3. The Bertz CT molecular complexity index is 615. The number of anilines is 1. The molecule has 1 saturated carbocycles. The van der Waals surface area contributed by atoms with Gasteiger partial charge in [0.1, 0.15) is 11.6 Å². The van der Waals surface area contributed by atoms with Gasteiger partial charge in [-0.3, -0.25) is 0 Å². The molecular weight excluding hydrogens is 262 g/mol. The van der Waals surface area contributed by atoms with E-state index in [4.69, 9.17) is 4.98 Å². The molecule has 0 aromatic carbocycles. The molecule has 2 aromatic rings. The molecule has 3 rings (SSSR count). The molecule has 0 saturated heterocycles. The highest BCUT2D eigenvalue weighted by Crippen LogP contribution is 2.20. The number of aryl methyl sites for hydroxylation is 2. The van der Waals surface area contributed by atoms with Gasteiger partial charge in [0.05, 0.1) is 6.54 Å². The van der Waals surface area contributed by atoms with Gasteiger partial charge in [-0.15, -0.1) is 0 Å². The molecule has 0 amide bonds. The molecule has 5 heteroatoms. The first-order valence-corrected chi connectivity index (χ1v) is 7.50. The van der Waals surface area contributed by atoms with Crippen LogP contribution in [0.1, 0.15) is 29.9 Å². The van der Waals surface area contributed by atoms with E-state index in [-0.39, 0.29) is 0 Å². The molecule has 1 fully saturated rings. The number of hydrogen-bond acceptors (Lipinski definition) is 4. The molecule has 2 heterocycles. The third kappa shape index (κ3) is 3.42. The second kappa shape index (κ2) is 5.85. The van der Waals surface area contributed by atoms with Gasteiger partial charge >= 0.3 is 0 Å². The molecule has 1 N–H and O–H groups in total. The fourth-order valence-corrected chi connectivity index (χ4v) is 2.36. The van der Waals surface area contributed by atoms with Crippen LogP contribution in [0, 0.1) is 6.92 Å². The predicted octanol–water partition coefficient (Wildman–Crippen LogP) is 2.01. The maximum atomic E-state index is 4.73. The number of rotatable bonds is 6. The van der Waals surface area contributed by atoms with Crippen LogP contribution in [0.5, 0.6) is 0 Å². The van der Waals surface area contributed by atoms with Crippen LogP contribution in [0.25, 0.3) is 0 Å². The summed E-state index contributed by atoms with van der Waals surface area (Å²) in [6.45, 7) is 3.77. The molecule has 112 valence electrons. The minimum atomic E-state index is 0.732. The van der Waals surface area contributed by atoms with Crippen molar-refractivity contribution < 1.29 is 0 Å². The monoisotopic (exact) mass is 285 g/mol. The molecule has 2 aromatic heterocycles. The van der Waals surface area contributed by atoms with Crippen LogP contribution in [0.15, 0.2) is 24.5 Å². The Balaban J connectivity index is 1.66. The summed E-state index contributed by atoms with van der Waals surface area (Å²) in [7, 11) is 4.07. The number of nitrogens with one attached hydrogen (secondary N) is 1. The van der Waals surface area contributed by atoms with Crippen molar-refractivity contribution in [3.63, 3.8) is 0 Å². The SMILES string of the molecule is Cc1nc(N(C)Cc2nccn2C)ccc1CNC1CC1. The molecule has 0 bridgehead atoms. The first-order chi connectivity index (χ1) is 10.1.